The summed E-state index contributed by atoms with van der Waals surface area (Å²) in [7, 11) is 0. The van der Waals surface area contributed by atoms with Crippen molar-refractivity contribution >= 4 is 17.9 Å². The second kappa shape index (κ2) is 64.3. The molecule has 0 aliphatic carbocycles. The molecule has 6 nitrogen and oxygen atoms in total. The van der Waals surface area contributed by atoms with Gasteiger partial charge in [-0.25, -0.2) is 0 Å². The van der Waals surface area contributed by atoms with Crippen LogP contribution in [0, 0.1) is 0 Å². The van der Waals surface area contributed by atoms with Crippen LogP contribution in [-0.4, -0.2) is 37.2 Å². The van der Waals surface area contributed by atoms with E-state index in [0.717, 1.165) is 141 Å². The molecule has 0 aliphatic heterocycles. The lowest BCUT2D eigenvalue weighted by atomic mass is 10.1. The summed E-state index contributed by atoms with van der Waals surface area (Å²) in [6.07, 6.45) is 95.2. The van der Waals surface area contributed by atoms with Crippen molar-refractivity contribution in [3.63, 3.8) is 0 Å². The fraction of sp³-hybridized carbons (Fsp3) is 0.569. The van der Waals surface area contributed by atoms with E-state index >= 15 is 0 Å². The molecule has 0 aromatic carbocycles. The van der Waals surface area contributed by atoms with Gasteiger partial charge in [-0.1, -0.05) is 262 Å². The maximum absolute atomic E-state index is 12.8. The summed E-state index contributed by atoms with van der Waals surface area (Å²) in [5, 5.41) is 0. The number of carbonyl (C=O) groups is 3. The van der Waals surface area contributed by atoms with Gasteiger partial charge in [-0.15, -0.1) is 0 Å². The Balaban J connectivity index is 4.43. The van der Waals surface area contributed by atoms with Crippen molar-refractivity contribution in [3.8, 4) is 0 Å². The Morgan fingerprint density at radius 2 is 0.538 bits per heavy atom. The third kappa shape index (κ3) is 61.6. The molecule has 6 heteroatoms. The third-order valence-electron chi connectivity index (χ3n) is 12.5. The molecule has 1 atom stereocenters. The highest BCUT2D eigenvalue weighted by atomic mass is 16.6. The van der Waals surface area contributed by atoms with Crippen LogP contribution >= 0.6 is 0 Å². The molecule has 0 bridgehead atoms. The summed E-state index contributed by atoms with van der Waals surface area (Å²) in [5.41, 5.74) is 0. The average molecular weight is 1070 g/mol. The molecule has 0 aromatic heterocycles. The maximum atomic E-state index is 12.8. The molecule has 0 aliphatic rings. The lowest BCUT2D eigenvalue weighted by Gasteiger charge is -2.18. The van der Waals surface area contributed by atoms with Crippen LogP contribution in [0.5, 0.6) is 0 Å². The minimum absolute atomic E-state index is 0.0840. The summed E-state index contributed by atoms with van der Waals surface area (Å²) < 4.78 is 16.7. The van der Waals surface area contributed by atoms with Crippen molar-refractivity contribution in [1.82, 2.24) is 0 Å². The summed E-state index contributed by atoms with van der Waals surface area (Å²) in [6, 6.07) is 0. The molecule has 0 spiro atoms. The Labute approximate surface area is 479 Å². The molecular weight excluding hydrogens is 961 g/mol. The molecule has 0 fully saturated rings. The third-order valence-corrected chi connectivity index (χ3v) is 12.5. The first-order chi connectivity index (χ1) is 38.5. The van der Waals surface area contributed by atoms with Gasteiger partial charge in [0.15, 0.2) is 6.10 Å². The van der Waals surface area contributed by atoms with Crippen molar-refractivity contribution in [2.24, 2.45) is 0 Å². The number of allylic oxidation sites excluding steroid dienone is 27. The SMILES string of the molecule is CC/C=C\C/C=C\C/C=C\C/C=C\C/C=C\C/C=C\C/C=C\C/C=C\CCCCCCCCC(=O)OCC(COC(=O)CCCCCCC/C=C\CCCCCCC)OC(=O)C/C=C\C/C=C\C/C=C\C/C=C\C/C=C\CC. The molecule has 0 aromatic rings. The van der Waals surface area contributed by atoms with E-state index in [1.807, 2.05) is 6.08 Å². The van der Waals surface area contributed by atoms with Crippen molar-refractivity contribution in [1.29, 1.82) is 0 Å². The summed E-state index contributed by atoms with van der Waals surface area (Å²) in [5.74, 6) is -1.09. The van der Waals surface area contributed by atoms with E-state index in [4.69, 9.17) is 14.2 Å². The van der Waals surface area contributed by atoms with Crippen molar-refractivity contribution in [2.75, 3.05) is 13.2 Å². The zero-order valence-corrected chi connectivity index (χ0v) is 49.9. The maximum Gasteiger partial charge on any atom is 0.310 e. The number of esters is 3. The van der Waals surface area contributed by atoms with Crippen molar-refractivity contribution in [2.45, 2.75) is 252 Å². The summed E-state index contributed by atoms with van der Waals surface area (Å²) in [4.78, 5) is 38.2. The average Bonchev–Trinajstić information content (AvgIpc) is 3.44. The molecule has 0 rings (SSSR count). The Kier molecular flexibility index (Phi) is 60.0. The second-order valence-corrected chi connectivity index (χ2v) is 19.9. The van der Waals surface area contributed by atoms with Crippen molar-refractivity contribution < 1.29 is 28.6 Å². The second-order valence-electron chi connectivity index (χ2n) is 19.9. The van der Waals surface area contributed by atoms with Gasteiger partial charge in [0.2, 0.25) is 0 Å². The van der Waals surface area contributed by atoms with Gasteiger partial charge in [-0.2, -0.15) is 0 Å². The van der Waals surface area contributed by atoms with Crippen LogP contribution in [0.4, 0.5) is 0 Å². The predicted molar refractivity (Wildman–Crippen MR) is 338 cm³/mol. The van der Waals surface area contributed by atoms with Crippen LogP contribution in [-0.2, 0) is 28.6 Å². The van der Waals surface area contributed by atoms with Gasteiger partial charge in [0.05, 0.1) is 6.42 Å². The fourth-order valence-electron chi connectivity index (χ4n) is 7.88. The molecule has 1 unspecified atom stereocenters. The van der Waals surface area contributed by atoms with E-state index in [1.165, 1.54) is 57.8 Å². The minimum atomic E-state index is -0.851. The van der Waals surface area contributed by atoms with E-state index in [1.54, 1.807) is 6.08 Å². The minimum Gasteiger partial charge on any atom is -0.462 e. The molecular formula is C72H112O6. The number of rotatable bonds is 54. The first-order valence-corrected chi connectivity index (χ1v) is 31.1. The van der Waals surface area contributed by atoms with Gasteiger partial charge in [-0.3, -0.25) is 14.4 Å². The van der Waals surface area contributed by atoms with E-state index in [0.29, 0.717) is 19.3 Å². The van der Waals surface area contributed by atoms with Crippen LogP contribution in [0.1, 0.15) is 245 Å². The standard InChI is InChI=1S/C72H112O6/c1-4-7-10-13-16-19-22-25-28-29-30-31-32-33-34-35-36-37-38-39-40-41-42-43-45-47-50-53-56-59-62-65-71(74)77-68-69(67-76-70(73)64-61-58-55-52-49-46-27-24-21-18-15-12-9-6-3)78-72(75)66-63-60-57-54-51-48-44-26-23-20-17-14-11-8-5-2/h7-8,10-11,16-17,19-20,24-28,30-31,33-34,36-37,39-40,42-44,51,54,60,63,69H,4-6,9,12-15,18,21-23,29,32,35,38,41,45-50,52-53,55-59,61-62,64-68H2,1-3H3/b10-7-,11-8-,19-16-,20-17-,27-24-,28-25-,31-30-,34-33-,37-36-,40-39-,43-42-,44-26-,54-51-,63-60-. The van der Waals surface area contributed by atoms with Gasteiger partial charge in [0.25, 0.3) is 0 Å². The van der Waals surface area contributed by atoms with Crippen LogP contribution in [0.2, 0.25) is 0 Å². The first-order valence-electron chi connectivity index (χ1n) is 31.1. The number of hydrogen-bond acceptors (Lipinski definition) is 6. The van der Waals surface area contributed by atoms with Crippen LogP contribution in [0.25, 0.3) is 0 Å². The first kappa shape index (κ1) is 72.8. The quantitative estimate of drug-likeness (QED) is 0.0261. The van der Waals surface area contributed by atoms with Crippen LogP contribution < -0.4 is 0 Å². The molecule has 0 saturated carbocycles. The highest BCUT2D eigenvalue weighted by Crippen LogP contribution is 2.13. The van der Waals surface area contributed by atoms with Gasteiger partial charge in [0, 0.05) is 12.8 Å². The Morgan fingerprint density at radius 1 is 0.282 bits per heavy atom. The predicted octanol–water partition coefficient (Wildman–Crippen LogP) is 21.5. The Bertz CT molecular complexity index is 1810. The lowest BCUT2D eigenvalue weighted by molar-refractivity contribution is -0.166. The number of unbranched alkanes of at least 4 members (excludes halogenated alkanes) is 16. The fourth-order valence-corrected chi connectivity index (χ4v) is 7.88. The zero-order chi connectivity index (χ0) is 56.4. The number of carbonyl (C=O) groups excluding carboxylic acids is 3. The van der Waals surface area contributed by atoms with E-state index < -0.39 is 12.1 Å². The largest absolute Gasteiger partial charge is 0.462 e. The molecule has 78 heavy (non-hydrogen) atoms. The number of hydrogen-bond donors (Lipinski definition) is 0. The zero-order valence-electron chi connectivity index (χ0n) is 49.9. The van der Waals surface area contributed by atoms with Crippen LogP contribution in [0.3, 0.4) is 0 Å². The Hall–Kier alpha value is -5.23. The topological polar surface area (TPSA) is 78.9 Å². The molecule has 0 radical (unpaired) electrons. The molecule has 0 heterocycles. The summed E-state index contributed by atoms with van der Waals surface area (Å²) >= 11 is 0. The van der Waals surface area contributed by atoms with E-state index in [9.17, 15) is 14.4 Å². The summed E-state index contributed by atoms with van der Waals surface area (Å²) in [6.45, 7) is 6.28. The van der Waals surface area contributed by atoms with Gasteiger partial charge >= 0.3 is 17.9 Å². The van der Waals surface area contributed by atoms with E-state index in [2.05, 4.69) is 179 Å². The highest BCUT2D eigenvalue weighted by molar-refractivity contribution is 5.72. The number of ether oxygens (including phenoxy) is 3. The lowest BCUT2D eigenvalue weighted by Crippen LogP contribution is -2.30. The molecule has 0 saturated heterocycles. The molecule has 0 N–H and O–H groups in total. The van der Waals surface area contributed by atoms with Crippen LogP contribution in [0.15, 0.2) is 170 Å². The smallest absolute Gasteiger partial charge is 0.310 e. The van der Waals surface area contributed by atoms with Gasteiger partial charge in [-0.05, 0) is 135 Å². The highest BCUT2D eigenvalue weighted by Gasteiger charge is 2.19. The van der Waals surface area contributed by atoms with Gasteiger partial charge < -0.3 is 14.2 Å². The molecule has 436 valence electrons. The Morgan fingerprint density at radius 3 is 0.859 bits per heavy atom. The molecule has 0 amide bonds. The normalized spacial score (nSPS) is 13.3. The van der Waals surface area contributed by atoms with Crippen molar-refractivity contribution in [3.05, 3.63) is 170 Å². The monoisotopic (exact) mass is 1070 g/mol. The van der Waals surface area contributed by atoms with Gasteiger partial charge in [0.1, 0.15) is 13.2 Å². The van der Waals surface area contributed by atoms with E-state index in [-0.39, 0.29) is 31.6 Å².